The van der Waals surface area contributed by atoms with Gasteiger partial charge in [-0.25, -0.2) is 0 Å². The summed E-state index contributed by atoms with van der Waals surface area (Å²) in [5.41, 5.74) is 6.26. The van der Waals surface area contributed by atoms with Crippen LogP contribution in [0.3, 0.4) is 0 Å². The molecule has 5 nitrogen and oxygen atoms in total. The molecule has 0 aliphatic carbocycles. The third kappa shape index (κ3) is 7.99. The number of benzene rings is 3. The molecule has 3 aromatic heterocycles. The molecule has 0 aliphatic rings. The number of hydrogen-bond donors (Lipinski definition) is 1. The Bertz CT molecular complexity index is 2220. The number of allylic oxidation sites excluding steroid dienone is 2. The minimum atomic E-state index is -0.337. The number of fused-ring (bicyclic) bond motifs is 3. The quantitative estimate of drug-likeness (QED) is 0.0889. The Labute approximate surface area is 323 Å². The normalized spacial score (nSPS) is 12.6. The van der Waals surface area contributed by atoms with Crippen molar-refractivity contribution in [2.45, 2.75) is 107 Å². The van der Waals surface area contributed by atoms with Crippen LogP contribution < -0.4 is 0 Å². The van der Waals surface area contributed by atoms with Crippen LogP contribution in [0.1, 0.15) is 105 Å². The second-order valence-electron chi connectivity index (χ2n) is 15.5. The van der Waals surface area contributed by atoms with E-state index in [2.05, 4.69) is 82.3 Å². The summed E-state index contributed by atoms with van der Waals surface area (Å²) < 4.78 is 12.3. The molecule has 52 heavy (non-hydrogen) atoms. The fourth-order valence-electron chi connectivity index (χ4n) is 6.59. The third-order valence-electron chi connectivity index (χ3n) is 11.2. The van der Waals surface area contributed by atoms with E-state index in [1.54, 1.807) is 0 Å². The molecule has 6 aromatic rings. The zero-order valence-corrected chi connectivity index (χ0v) is 35.1. The number of rotatable bonds is 9. The summed E-state index contributed by atoms with van der Waals surface area (Å²) in [6, 6.07) is 24.6. The maximum Gasteiger partial charge on any atom is 0.164 e. The van der Waals surface area contributed by atoms with E-state index in [1.807, 2.05) is 66.8 Å². The fraction of sp³-hybridized carbons (Fsp3) is 0.391. The molecule has 0 aliphatic heterocycles. The maximum absolute atomic E-state index is 12.2. The Morgan fingerprint density at radius 3 is 2.12 bits per heavy atom. The van der Waals surface area contributed by atoms with Crippen LogP contribution >= 0.6 is 0 Å². The Kier molecular flexibility index (Phi) is 12.5. The Hall–Kier alpha value is -3.99. The molecule has 1 radical (unpaired) electrons. The first kappa shape index (κ1) is 40.8. The van der Waals surface area contributed by atoms with Crippen LogP contribution in [0.15, 0.2) is 87.5 Å². The second-order valence-corrected chi connectivity index (χ2v) is 15.5. The van der Waals surface area contributed by atoms with Crippen LogP contribution in [0.2, 0.25) is 0 Å². The SMILES string of the molecule is CCC(C)(CC)C(=O)/C=C(\O)C(C)(CC)CC.Cc1cc2cc(-c3oc4c(-c5[c-]c6ccccc6c(C(C)(C)C)c5)nccc4c3C)ccc2o1.[Ir]. The number of hydrogen-bond acceptors (Lipinski definition) is 5. The standard InChI is InChI=1S/C31H26NO2.C15H28O2.Ir/c1-18-14-22-16-21(10-11-27(22)33-18)29-19(2)24-12-13-32-28(30(24)34-29)23-15-20-8-6-7-9-25(20)26(17-23)31(3,4)5;1-7-14(5,8-2)12(16)11-13(17)15(6,9-3)10-4;/h6-14,16-17H,1-5H3;11,16H,7-10H2,1-6H3;/q-1;;/b;12-11-;. The van der Waals surface area contributed by atoms with Gasteiger partial charge in [0.1, 0.15) is 28.4 Å². The largest absolute Gasteiger partial charge is 0.512 e. The van der Waals surface area contributed by atoms with Gasteiger partial charge < -0.3 is 13.9 Å². The molecule has 1 N–H and O–H groups in total. The van der Waals surface area contributed by atoms with Gasteiger partial charge in [0.25, 0.3) is 0 Å². The van der Waals surface area contributed by atoms with Crippen LogP contribution in [0.5, 0.6) is 0 Å². The number of furan rings is 2. The van der Waals surface area contributed by atoms with Crippen molar-refractivity contribution in [1.82, 2.24) is 4.98 Å². The van der Waals surface area contributed by atoms with E-state index in [4.69, 9.17) is 13.8 Å². The fourth-order valence-corrected chi connectivity index (χ4v) is 6.59. The van der Waals surface area contributed by atoms with Gasteiger partial charge in [0, 0.05) is 70.8 Å². The van der Waals surface area contributed by atoms with Crippen molar-refractivity contribution >= 4 is 38.5 Å². The van der Waals surface area contributed by atoms with Crippen LogP contribution in [-0.4, -0.2) is 15.9 Å². The van der Waals surface area contributed by atoms with Crippen molar-refractivity contribution in [3.63, 3.8) is 0 Å². The second kappa shape index (κ2) is 15.9. The molecule has 0 saturated heterocycles. The molecule has 277 valence electrons. The molecule has 0 atom stereocenters. The van der Waals surface area contributed by atoms with Gasteiger partial charge in [0.05, 0.1) is 0 Å². The minimum absolute atomic E-state index is 0. The molecular weight excluding hydrogens is 823 g/mol. The first-order valence-corrected chi connectivity index (χ1v) is 18.4. The van der Waals surface area contributed by atoms with Gasteiger partial charge in [-0.05, 0) is 75.3 Å². The molecule has 0 fully saturated rings. The number of aryl methyl sites for hydroxylation is 2. The Morgan fingerprint density at radius 1 is 0.827 bits per heavy atom. The van der Waals surface area contributed by atoms with Crippen LogP contribution in [0, 0.1) is 30.7 Å². The van der Waals surface area contributed by atoms with Crippen molar-refractivity contribution < 1.29 is 38.8 Å². The number of aromatic nitrogens is 1. The summed E-state index contributed by atoms with van der Waals surface area (Å²) in [5.74, 6) is 2.05. The summed E-state index contributed by atoms with van der Waals surface area (Å²) >= 11 is 0. The first-order chi connectivity index (χ1) is 24.1. The average molecular weight is 877 g/mol. The molecule has 6 heteroatoms. The van der Waals surface area contributed by atoms with Crippen molar-refractivity contribution in [2.75, 3.05) is 0 Å². The molecule has 6 rings (SSSR count). The zero-order valence-electron chi connectivity index (χ0n) is 32.7. The molecule has 0 amide bonds. The molecule has 0 unspecified atom stereocenters. The van der Waals surface area contributed by atoms with Crippen LogP contribution in [-0.2, 0) is 30.3 Å². The van der Waals surface area contributed by atoms with Gasteiger partial charge in [-0.1, -0.05) is 91.5 Å². The van der Waals surface area contributed by atoms with E-state index < -0.39 is 0 Å². The number of pyridine rings is 1. The molecular formula is C46H54IrNO4-. The smallest absolute Gasteiger partial charge is 0.164 e. The van der Waals surface area contributed by atoms with Crippen molar-refractivity contribution in [3.05, 3.63) is 102 Å². The Morgan fingerprint density at radius 2 is 1.48 bits per heavy atom. The summed E-state index contributed by atoms with van der Waals surface area (Å²) in [6.07, 6.45) is 6.62. The molecule has 0 bridgehead atoms. The van der Waals surface area contributed by atoms with E-state index >= 15 is 0 Å². The predicted octanol–water partition coefficient (Wildman–Crippen LogP) is 13.4. The molecule has 0 saturated carbocycles. The van der Waals surface area contributed by atoms with E-state index in [0.717, 1.165) is 86.9 Å². The van der Waals surface area contributed by atoms with Gasteiger partial charge in [-0.2, -0.15) is 0 Å². The van der Waals surface area contributed by atoms with Gasteiger partial charge in [0.15, 0.2) is 5.78 Å². The van der Waals surface area contributed by atoms with Crippen molar-refractivity contribution in [1.29, 1.82) is 0 Å². The van der Waals surface area contributed by atoms with E-state index in [9.17, 15) is 9.90 Å². The number of aliphatic hydroxyl groups is 1. The first-order valence-electron chi connectivity index (χ1n) is 18.4. The van der Waals surface area contributed by atoms with Gasteiger partial charge in [-0.3, -0.25) is 9.78 Å². The van der Waals surface area contributed by atoms with E-state index in [1.165, 1.54) is 17.0 Å². The van der Waals surface area contributed by atoms with E-state index in [-0.39, 0.29) is 47.9 Å². The van der Waals surface area contributed by atoms with Crippen LogP contribution in [0.4, 0.5) is 0 Å². The predicted molar refractivity (Wildman–Crippen MR) is 212 cm³/mol. The Balaban J connectivity index is 0.000000289. The van der Waals surface area contributed by atoms with Crippen LogP contribution in [0.25, 0.3) is 55.3 Å². The van der Waals surface area contributed by atoms with Crippen molar-refractivity contribution in [3.8, 4) is 22.6 Å². The summed E-state index contributed by atoms with van der Waals surface area (Å²) in [6.45, 7) is 22.9. The molecule has 3 aromatic carbocycles. The zero-order chi connectivity index (χ0) is 37.3. The average Bonchev–Trinajstić information content (AvgIpc) is 3.67. The minimum Gasteiger partial charge on any atom is -0.512 e. The summed E-state index contributed by atoms with van der Waals surface area (Å²) in [5, 5.41) is 14.6. The monoisotopic (exact) mass is 877 g/mol. The van der Waals surface area contributed by atoms with Gasteiger partial charge in [0.2, 0.25) is 0 Å². The number of ketones is 1. The summed E-state index contributed by atoms with van der Waals surface area (Å²) in [4.78, 5) is 16.9. The van der Waals surface area contributed by atoms with Gasteiger partial charge >= 0.3 is 0 Å². The van der Waals surface area contributed by atoms with E-state index in [0.29, 0.717) is 0 Å². The number of aliphatic hydroxyl groups excluding tert-OH is 1. The summed E-state index contributed by atoms with van der Waals surface area (Å²) in [7, 11) is 0. The third-order valence-corrected chi connectivity index (χ3v) is 11.2. The van der Waals surface area contributed by atoms with Gasteiger partial charge in [-0.15, -0.1) is 29.1 Å². The number of nitrogens with zero attached hydrogens (tertiary/aromatic N) is 1. The van der Waals surface area contributed by atoms with Crippen molar-refractivity contribution in [2.24, 2.45) is 10.8 Å². The number of carbonyl (C=O) groups is 1. The number of carbonyl (C=O) groups excluding carboxylic acids is 1. The maximum atomic E-state index is 12.2. The topological polar surface area (TPSA) is 76.5 Å². The molecule has 3 heterocycles. The molecule has 0 spiro atoms.